The summed E-state index contributed by atoms with van der Waals surface area (Å²) in [6, 6.07) is 29.3. The fraction of sp³-hybridized carbons (Fsp3) is 0.160. The van der Waals surface area contributed by atoms with E-state index in [0.717, 1.165) is 41.6 Å². The van der Waals surface area contributed by atoms with Crippen LogP contribution in [0.1, 0.15) is 28.3 Å². The molecule has 0 saturated carbocycles. The summed E-state index contributed by atoms with van der Waals surface area (Å²) < 4.78 is 2.01. The van der Waals surface area contributed by atoms with Crippen LogP contribution < -0.4 is 5.32 Å². The van der Waals surface area contributed by atoms with Crippen molar-refractivity contribution in [2.75, 3.05) is 11.9 Å². The average Bonchev–Trinajstić information content (AvgIpc) is 3.37. The summed E-state index contributed by atoms with van der Waals surface area (Å²) in [5.41, 5.74) is 6.10. The van der Waals surface area contributed by atoms with E-state index in [9.17, 15) is 0 Å². The van der Waals surface area contributed by atoms with Gasteiger partial charge in [-0.15, -0.1) is 0 Å². The molecule has 0 amide bonds. The fourth-order valence-corrected chi connectivity index (χ4v) is 4.38. The molecule has 0 aliphatic carbocycles. The van der Waals surface area contributed by atoms with E-state index in [-0.39, 0.29) is 5.92 Å². The number of hydrogen-bond acceptors (Lipinski definition) is 2. The van der Waals surface area contributed by atoms with E-state index in [1.54, 1.807) is 0 Å². The Balaban J connectivity index is 1.57. The van der Waals surface area contributed by atoms with Gasteiger partial charge in [-0.2, -0.15) is 5.10 Å². The normalized spacial score (nSPS) is 12.8. The summed E-state index contributed by atoms with van der Waals surface area (Å²) in [6.07, 6.45) is 1.87. The Morgan fingerprint density at radius 3 is 2.24 bits per heavy atom. The molecule has 0 atom stereocenters. The molecule has 1 aromatic heterocycles. The highest BCUT2D eigenvalue weighted by molar-refractivity contribution is 6.30. The van der Waals surface area contributed by atoms with Crippen molar-refractivity contribution >= 4 is 17.4 Å². The minimum atomic E-state index is 0.268. The standard InChI is InChI=1S/C25H22ClN3/c26-20-12-7-13-21(16-20)29-25-22(14-15-27-25)24(28-29)17-23(18-8-3-1-4-9-18)19-10-5-2-6-11-19/h1-13,16,23,27H,14-15,17H2. The van der Waals surface area contributed by atoms with Gasteiger partial charge in [-0.3, -0.25) is 0 Å². The summed E-state index contributed by atoms with van der Waals surface area (Å²) in [4.78, 5) is 0. The molecule has 1 aliphatic rings. The molecule has 5 rings (SSSR count). The predicted octanol–water partition coefficient (Wildman–Crippen LogP) is 5.87. The molecule has 4 heteroatoms. The number of halogens is 1. The van der Waals surface area contributed by atoms with Crippen LogP contribution in [0.2, 0.25) is 5.02 Å². The van der Waals surface area contributed by atoms with Crippen LogP contribution in [-0.4, -0.2) is 16.3 Å². The lowest BCUT2D eigenvalue weighted by Crippen LogP contribution is -2.09. The van der Waals surface area contributed by atoms with Gasteiger partial charge in [0.1, 0.15) is 5.82 Å². The van der Waals surface area contributed by atoms with Crippen LogP contribution in [0.25, 0.3) is 5.69 Å². The lowest BCUT2D eigenvalue weighted by atomic mass is 9.86. The molecular weight excluding hydrogens is 378 g/mol. The Kier molecular flexibility index (Phi) is 4.82. The second-order valence-corrected chi connectivity index (χ2v) is 7.86. The number of hydrogen-bond donors (Lipinski definition) is 1. The Hall–Kier alpha value is -3.04. The molecule has 0 radical (unpaired) electrons. The van der Waals surface area contributed by atoms with Crippen LogP contribution in [0.4, 0.5) is 5.82 Å². The highest BCUT2D eigenvalue weighted by Crippen LogP contribution is 2.34. The summed E-state index contributed by atoms with van der Waals surface area (Å²) in [5, 5.41) is 9.27. The van der Waals surface area contributed by atoms with Gasteiger partial charge in [-0.25, -0.2) is 4.68 Å². The van der Waals surface area contributed by atoms with Crippen molar-refractivity contribution in [3.63, 3.8) is 0 Å². The molecule has 29 heavy (non-hydrogen) atoms. The monoisotopic (exact) mass is 399 g/mol. The first-order chi connectivity index (χ1) is 14.3. The van der Waals surface area contributed by atoms with Crippen molar-refractivity contribution in [2.45, 2.75) is 18.8 Å². The zero-order valence-corrected chi connectivity index (χ0v) is 16.8. The highest BCUT2D eigenvalue weighted by Gasteiger charge is 2.26. The molecule has 1 aliphatic heterocycles. The van der Waals surface area contributed by atoms with Gasteiger partial charge >= 0.3 is 0 Å². The second kappa shape index (κ2) is 7.76. The number of nitrogens with one attached hydrogen (secondary N) is 1. The van der Waals surface area contributed by atoms with Crippen LogP contribution in [-0.2, 0) is 12.8 Å². The predicted molar refractivity (Wildman–Crippen MR) is 119 cm³/mol. The van der Waals surface area contributed by atoms with Gasteiger partial charge in [0.15, 0.2) is 0 Å². The Morgan fingerprint density at radius 1 is 0.897 bits per heavy atom. The van der Waals surface area contributed by atoms with Gasteiger partial charge in [0.2, 0.25) is 0 Å². The third kappa shape index (κ3) is 3.54. The summed E-state index contributed by atoms with van der Waals surface area (Å²) >= 11 is 6.24. The van der Waals surface area contributed by atoms with E-state index >= 15 is 0 Å². The number of anilines is 1. The van der Waals surface area contributed by atoms with E-state index < -0.39 is 0 Å². The van der Waals surface area contributed by atoms with Gasteiger partial charge in [0, 0.05) is 29.5 Å². The zero-order valence-electron chi connectivity index (χ0n) is 16.1. The topological polar surface area (TPSA) is 29.9 Å². The number of aromatic nitrogens is 2. The minimum absolute atomic E-state index is 0.268. The van der Waals surface area contributed by atoms with Gasteiger partial charge in [0.05, 0.1) is 11.4 Å². The molecular formula is C25H22ClN3. The summed E-state index contributed by atoms with van der Waals surface area (Å²) in [6.45, 7) is 0.947. The van der Waals surface area contributed by atoms with E-state index in [0.29, 0.717) is 0 Å². The van der Waals surface area contributed by atoms with Gasteiger partial charge in [-0.1, -0.05) is 78.3 Å². The maximum atomic E-state index is 6.24. The first-order valence-corrected chi connectivity index (χ1v) is 10.4. The number of benzene rings is 3. The van der Waals surface area contributed by atoms with Gasteiger partial charge in [-0.05, 0) is 35.7 Å². The molecule has 3 aromatic carbocycles. The van der Waals surface area contributed by atoms with Crippen molar-refractivity contribution in [3.05, 3.63) is 112 Å². The first kappa shape index (κ1) is 18.0. The molecule has 0 fully saturated rings. The Morgan fingerprint density at radius 2 is 1.59 bits per heavy atom. The largest absolute Gasteiger partial charge is 0.369 e. The molecule has 3 nitrogen and oxygen atoms in total. The minimum Gasteiger partial charge on any atom is -0.369 e. The lowest BCUT2D eigenvalue weighted by Gasteiger charge is -2.17. The van der Waals surface area contributed by atoms with E-state index in [2.05, 4.69) is 72.0 Å². The van der Waals surface area contributed by atoms with Crippen LogP contribution in [0.5, 0.6) is 0 Å². The molecule has 0 bridgehead atoms. The zero-order chi connectivity index (χ0) is 19.6. The van der Waals surface area contributed by atoms with Gasteiger partial charge in [0.25, 0.3) is 0 Å². The molecule has 2 heterocycles. The first-order valence-electron chi connectivity index (χ1n) is 10.00. The van der Waals surface area contributed by atoms with Crippen molar-refractivity contribution in [1.29, 1.82) is 0 Å². The molecule has 0 spiro atoms. The van der Waals surface area contributed by atoms with Crippen molar-refractivity contribution in [2.24, 2.45) is 0 Å². The van der Waals surface area contributed by atoms with Crippen molar-refractivity contribution in [1.82, 2.24) is 9.78 Å². The van der Waals surface area contributed by atoms with E-state index in [1.807, 2.05) is 22.9 Å². The quantitative estimate of drug-likeness (QED) is 0.455. The molecule has 0 saturated heterocycles. The van der Waals surface area contributed by atoms with Crippen LogP contribution in [0.3, 0.4) is 0 Å². The second-order valence-electron chi connectivity index (χ2n) is 7.42. The average molecular weight is 400 g/mol. The SMILES string of the molecule is Clc1cccc(-n2nc(CC(c3ccccc3)c3ccccc3)c3c2NCC3)c1. The summed E-state index contributed by atoms with van der Waals surface area (Å²) in [7, 11) is 0. The summed E-state index contributed by atoms with van der Waals surface area (Å²) in [5.74, 6) is 1.37. The van der Waals surface area contributed by atoms with Crippen molar-refractivity contribution < 1.29 is 0 Å². The number of fused-ring (bicyclic) bond motifs is 1. The van der Waals surface area contributed by atoms with E-state index in [4.69, 9.17) is 16.7 Å². The Bertz CT molecular complexity index is 1080. The van der Waals surface area contributed by atoms with Crippen molar-refractivity contribution in [3.8, 4) is 5.69 Å². The Labute approximate surface area is 176 Å². The molecule has 144 valence electrons. The number of rotatable bonds is 5. The molecule has 4 aromatic rings. The fourth-order valence-electron chi connectivity index (χ4n) is 4.20. The lowest BCUT2D eigenvalue weighted by molar-refractivity contribution is 0.745. The maximum absolute atomic E-state index is 6.24. The van der Waals surface area contributed by atoms with Gasteiger partial charge < -0.3 is 5.32 Å². The molecule has 1 N–H and O–H groups in total. The van der Waals surface area contributed by atoms with Crippen LogP contribution >= 0.6 is 11.6 Å². The van der Waals surface area contributed by atoms with Crippen LogP contribution in [0.15, 0.2) is 84.9 Å². The highest BCUT2D eigenvalue weighted by atomic mass is 35.5. The third-order valence-electron chi connectivity index (χ3n) is 5.59. The smallest absolute Gasteiger partial charge is 0.133 e. The third-order valence-corrected chi connectivity index (χ3v) is 5.82. The maximum Gasteiger partial charge on any atom is 0.133 e. The number of nitrogens with zero attached hydrogens (tertiary/aromatic N) is 2. The van der Waals surface area contributed by atoms with E-state index in [1.165, 1.54) is 16.7 Å². The molecule has 0 unspecified atom stereocenters. The van der Waals surface area contributed by atoms with Crippen LogP contribution in [0, 0.1) is 0 Å².